The van der Waals surface area contributed by atoms with Crippen LogP contribution in [0.4, 0.5) is 0 Å². The quantitative estimate of drug-likeness (QED) is 0.695. The fourth-order valence-electron chi connectivity index (χ4n) is 2.09. The van der Waals surface area contributed by atoms with Crippen LogP contribution in [-0.2, 0) is 5.75 Å². The van der Waals surface area contributed by atoms with Crippen LogP contribution in [0.3, 0.4) is 0 Å². The monoisotopic (exact) mass is 295 g/mol. The predicted octanol–water partition coefficient (Wildman–Crippen LogP) is 2.91. The molecule has 0 bridgehead atoms. The van der Waals surface area contributed by atoms with E-state index in [1.165, 1.54) is 0 Å². The smallest absolute Gasteiger partial charge is 0.234 e. The van der Waals surface area contributed by atoms with Crippen molar-refractivity contribution < 1.29 is 0 Å². The summed E-state index contributed by atoms with van der Waals surface area (Å²) in [5.41, 5.74) is 3.65. The molecule has 3 heterocycles. The molecule has 0 radical (unpaired) electrons. The van der Waals surface area contributed by atoms with Crippen LogP contribution in [0, 0.1) is 25.2 Å². The van der Waals surface area contributed by atoms with Gasteiger partial charge in [-0.3, -0.25) is 4.40 Å². The van der Waals surface area contributed by atoms with Crippen LogP contribution in [0.15, 0.2) is 35.6 Å². The van der Waals surface area contributed by atoms with Gasteiger partial charge in [-0.2, -0.15) is 5.26 Å². The predicted molar refractivity (Wildman–Crippen MR) is 81.0 cm³/mol. The molecule has 3 aromatic rings. The summed E-state index contributed by atoms with van der Waals surface area (Å²) in [6.07, 6.45) is 3.65. The molecule has 0 N–H and O–H groups in total. The zero-order valence-electron chi connectivity index (χ0n) is 11.7. The second-order valence-electron chi connectivity index (χ2n) is 4.72. The first-order chi connectivity index (χ1) is 10.2. The number of fused-ring (bicyclic) bond motifs is 1. The number of hydrogen-bond donors (Lipinski definition) is 0. The zero-order valence-corrected chi connectivity index (χ0v) is 12.6. The number of rotatable bonds is 3. The van der Waals surface area contributed by atoms with Crippen LogP contribution in [0.1, 0.15) is 22.6 Å². The summed E-state index contributed by atoms with van der Waals surface area (Å²) in [5, 5.41) is 9.71. The summed E-state index contributed by atoms with van der Waals surface area (Å²) in [4.78, 5) is 13.2. The maximum atomic E-state index is 8.89. The number of pyridine rings is 1. The minimum atomic E-state index is 0.621. The first-order valence-corrected chi connectivity index (χ1v) is 7.45. The molecule has 6 heteroatoms. The van der Waals surface area contributed by atoms with Crippen molar-refractivity contribution in [1.82, 2.24) is 19.4 Å². The van der Waals surface area contributed by atoms with Gasteiger partial charge < -0.3 is 0 Å². The van der Waals surface area contributed by atoms with E-state index in [9.17, 15) is 0 Å². The Morgan fingerprint density at radius 2 is 2.14 bits per heavy atom. The Labute approximate surface area is 126 Å². The number of nitrogens with zero attached hydrogens (tertiary/aromatic N) is 5. The van der Waals surface area contributed by atoms with E-state index in [1.807, 2.05) is 30.5 Å². The Balaban J connectivity index is 1.82. The van der Waals surface area contributed by atoms with Gasteiger partial charge in [0.05, 0.1) is 22.4 Å². The lowest BCUT2D eigenvalue weighted by Crippen LogP contribution is -1.94. The Morgan fingerprint density at radius 3 is 2.95 bits per heavy atom. The largest absolute Gasteiger partial charge is 0.288 e. The lowest BCUT2D eigenvalue weighted by atomic mass is 10.3. The van der Waals surface area contributed by atoms with Gasteiger partial charge in [-0.25, -0.2) is 15.0 Å². The third-order valence-corrected chi connectivity index (χ3v) is 4.00. The van der Waals surface area contributed by atoms with Crippen molar-refractivity contribution in [2.75, 3.05) is 0 Å². The van der Waals surface area contributed by atoms with Gasteiger partial charge in [0.25, 0.3) is 0 Å². The molecule has 0 saturated heterocycles. The van der Waals surface area contributed by atoms with E-state index in [2.05, 4.69) is 21.0 Å². The highest BCUT2D eigenvalue weighted by atomic mass is 32.2. The summed E-state index contributed by atoms with van der Waals surface area (Å²) in [5.74, 6) is 1.42. The van der Waals surface area contributed by atoms with Crippen molar-refractivity contribution in [1.29, 1.82) is 5.26 Å². The SMILES string of the molecule is Cc1cc(C)n2cc(CSc3cc(C#N)ccn3)nc2n1. The molecule has 0 unspecified atom stereocenters. The van der Waals surface area contributed by atoms with Gasteiger partial charge in [0, 0.05) is 29.5 Å². The standard InChI is InChI=1S/C15H13N5S/c1-10-5-11(2)20-8-13(19-15(20)18-10)9-21-14-6-12(7-16)3-4-17-14/h3-6,8H,9H2,1-2H3. The van der Waals surface area contributed by atoms with E-state index in [1.54, 1.807) is 30.1 Å². The minimum absolute atomic E-state index is 0.621. The van der Waals surface area contributed by atoms with Crippen LogP contribution in [-0.4, -0.2) is 19.4 Å². The number of hydrogen-bond acceptors (Lipinski definition) is 5. The third-order valence-electron chi connectivity index (χ3n) is 3.04. The molecule has 0 saturated carbocycles. The molecule has 0 atom stereocenters. The van der Waals surface area contributed by atoms with Gasteiger partial charge in [0.15, 0.2) is 0 Å². The molecule has 0 aliphatic carbocycles. The van der Waals surface area contributed by atoms with Crippen LogP contribution in [0.2, 0.25) is 0 Å². The van der Waals surface area contributed by atoms with E-state index in [-0.39, 0.29) is 0 Å². The van der Waals surface area contributed by atoms with Crippen LogP contribution < -0.4 is 0 Å². The average molecular weight is 295 g/mol. The Morgan fingerprint density at radius 1 is 1.29 bits per heavy atom. The van der Waals surface area contributed by atoms with E-state index in [0.717, 1.165) is 27.9 Å². The minimum Gasteiger partial charge on any atom is -0.288 e. The van der Waals surface area contributed by atoms with Crippen molar-refractivity contribution in [3.05, 3.63) is 53.2 Å². The van der Waals surface area contributed by atoms with Crippen LogP contribution in [0.25, 0.3) is 5.78 Å². The summed E-state index contributed by atoms with van der Waals surface area (Å²) in [6.45, 7) is 4.01. The molecule has 104 valence electrons. The van der Waals surface area contributed by atoms with Gasteiger partial charge in [-0.05, 0) is 32.0 Å². The average Bonchev–Trinajstić information content (AvgIpc) is 2.88. The molecular formula is C15H13N5S. The van der Waals surface area contributed by atoms with Crippen LogP contribution in [0.5, 0.6) is 0 Å². The normalized spacial score (nSPS) is 10.7. The van der Waals surface area contributed by atoms with E-state index in [0.29, 0.717) is 11.3 Å². The second-order valence-corrected chi connectivity index (χ2v) is 5.72. The van der Waals surface area contributed by atoms with Crippen molar-refractivity contribution in [2.24, 2.45) is 0 Å². The fourth-order valence-corrected chi connectivity index (χ4v) is 2.87. The van der Waals surface area contributed by atoms with Gasteiger partial charge in [-0.15, -0.1) is 0 Å². The van der Waals surface area contributed by atoms with Gasteiger partial charge >= 0.3 is 0 Å². The van der Waals surface area contributed by atoms with Crippen molar-refractivity contribution in [2.45, 2.75) is 24.6 Å². The lowest BCUT2D eigenvalue weighted by Gasteiger charge is -1.99. The summed E-state index contributed by atoms with van der Waals surface area (Å²) >= 11 is 1.56. The number of imidazole rings is 1. The molecule has 0 aromatic carbocycles. The van der Waals surface area contributed by atoms with Crippen molar-refractivity contribution in [3.63, 3.8) is 0 Å². The zero-order chi connectivity index (χ0) is 14.8. The molecule has 0 aliphatic rings. The summed E-state index contributed by atoms with van der Waals surface area (Å²) < 4.78 is 1.99. The first kappa shape index (κ1) is 13.6. The van der Waals surface area contributed by atoms with Gasteiger partial charge in [0.1, 0.15) is 0 Å². The Hall–Kier alpha value is -2.39. The highest BCUT2D eigenvalue weighted by Gasteiger charge is 2.07. The highest BCUT2D eigenvalue weighted by Crippen LogP contribution is 2.21. The number of aryl methyl sites for hydroxylation is 2. The molecule has 0 amide bonds. The number of nitriles is 1. The van der Waals surface area contributed by atoms with Gasteiger partial charge in [0.2, 0.25) is 5.78 Å². The first-order valence-electron chi connectivity index (χ1n) is 6.47. The molecule has 0 spiro atoms. The van der Waals surface area contributed by atoms with E-state index >= 15 is 0 Å². The molecule has 3 aromatic heterocycles. The van der Waals surface area contributed by atoms with Crippen LogP contribution >= 0.6 is 11.8 Å². The molecule has 0 aliphatic heterocycles. The topological polar surface area (TPSA) is 66.9 Å². The lowest BCUT2D eigenvalue weighted by molar-refractivity contribution is 1.01. The third kappa shape index (κ3) is 2.88. The number of thioether (sulfide) groups is 1. The van der Waals surface area contributed by atoms with E-state index in [4.69, 9.17) is 5.26 Å². The fraction of sp³-hybridized carbons (Fsp3) is 0.200. The number of aromatic nitrogens is 4. The Kier molecular flexibility index (Phi) is 3.59. The highest BCUT2D eigenvalue weighted by molar-refractivity contribution is 7.98. The molecular weight excluding hydrogens is 282 g/mol. The van der Waals surface area contributed by atoms with Crippen molar-refractivity contribution in [3.8, 4) is 6.07 Å². The summed E-state index contributed by atoms with van der Waals surface area (Å²) in [6, 6.07) is 7.63. The van der Waals surface area contributed by atoms with E-state index < -0.39 is 0 Å². The van der Waals surface area contributed by atoms with Crippen molar-refractivity contribution >= 4 is 17.5 Å². The van der Waals surface area contributed by atoms with Gasteiger partial charge in [-0.1, -0.05) is 11.8 Å². The summed E-state index contributed by atoms with van der Waals surface area (Å²) in [7, 11) is 0. The maximum absolute atomic E-state index is 8.89. The molecule has 3 rings (SSSR count). The maximum Gasteiger partial charge on any atom is 0.234 e. The Bertz CT molecular complexity index is 847. The molecule has 21 heavy (non-hydrogen) atoms. The molecule has 0 fully saturated rings. The molecule has 5 nitrogen and oxygen atoms in total. The second kappa shape index (κ2) is 5.54.